The summed E-state index contributed by atoms with van der Waals surface area (Å²) in [7, 11) is 0. The molecule has 9 heteroatoms. The van der Waals surface area contributed by atoms with Crippen molar-refractivity contribution < 1.29 is 9.21 Å². The zero-order chi connectivity index (χ0) is 20.3. The Balaban J connectivity index is 1.84. The molecule has 144 valence electrons. The third-order valence-electron chi connectivity index (χ3n) is 4.84. The van der Waals surface area contributed by atoms with Gasteiger partial charge in [0, 0.05) is 0 Å². The van der Waals surface area contributed by atoms with Crippen LogP contribution in [0.2, 0.25) is 10.0 Å². The van der Waals surface area contributed by atoms with E-state index >= 15 is 0 Å². The molecule has 1 atom stereocenters. The number of aryl methyl sites for hydroxylation is 1. The summed E-state index contributed by atoms with van der Waals surface area (Å²) in [6.45, 7) is 1.89. The fraction of sp³-hybridized carbons (Fsp3) is 0.100. The fourth-order valence-corrected chi connectivity index (χ4v) is 4.45. The number of aromatic nitrogens is 2. The second-order valence-corrected chi connectivity index (χ2v) is 8.27. The van der Waals surface area contributed by atoms with Gasteiger partial charge in [0.2, 0.25) is 10.9 Å². The van der Waals surface area contributed by atoms with Gasteiger partial charge in [-0.2, -0.15) is 0 Å². The number of amides is 1. The van der Waals surface area contributed by atoms with Crippen molar-refractivity contribution in [3.8, 4) is 0 Å². The highest BCUT2D eigenvalue weighted by Crippen LogP contribution is 2.42. The van der Waals surface area contributed by atoms with Gasteiger partial charge in [-0.25, -0.2) is 0 Å². The maximum atomic E-state index is 13.4. The summed E-state index contributed by atoms with van der Waals surface area (Å²) >= 11 is 13.5. The topological polar surface area (TPSA) is 76.3 Å². The van der Waals surface area contributed by atoms with Crippen LogP contribution < -0.4 is 10.3 Å². The van der Waals surface area contributed by atoms with Gasteiger partial charge in [0.1, 0.15) is 11.1 Å². The molecule has 0 fully saturated rings. The Labute approximate surface area is 178 Å². The largest absolute Gasteiger partial charge is 0.450 e. The molecule has 4 aromatic rings. The molecule has 0 radical (unpaired) electrons. The molecular weight excluding hydrogens is 433 g/mol. The Bertz CT molecular complexity index is 1350. The van der Waals surface area contributed by atoms with Crippen molar-refractivity contribution in [3.63, 3.8) is 0 Å². The van der Waals surface area contributed by atoms with E-state index in [0.717, 1.165) is 5.56 Å². The van der Waals surface area contributed by atoms with Gasteiger partial charge in [0.05, 0.1) is 27.0 Å². The third-order valence-corrected chi connectivity index (χ3v) is 6.27. The molecule has 0 saturated carbocycles. The second kappa shape index (κ2) is 6.66. The third kappa shape index (κ3) is 2.77. The molecule has 0 N–H and O–H groups in total. The van der Waals surface area contributed by atoms with Crippen molar-refractivity contribution >= 4 is 56.5 Å². The lowest BCUT2D eigenvalue weighted by Gasteiger charge is -2.22. The number of anilines is 1. The first kappa shape index (κ1) is 18.3. The van der Waals surface area contributed by atoms with Crippen molar-refractivity contribution in [2.45, 2.75) is 13.0 Å². The lowest BCUT2D eigenvalue weighted by Crippen LogP contribution is -2.29. The second-order valence-electron chi connectivity index (χ2n) is 6.65. The van der Waals surface area contributed by atoms with Crippen LogP contribution in [0.3, 0.4) is 0 Å². The Morgan fingerprint density at radius 1 is 1.10 bits per heavy atom. The van der Waals surface area contributed by atoms with E-state index in [1.807, 2.05) is 13.0 Å². The van der Waals surface area contributed by atoms with E-state index in [9.17, 15) is 9.59 Å². The summed E-state index contributed by atoms with van der Waals surface area (Å²) < 4.78 is 5.89. The molecule has 1 aliphatic rings. The van der Waals surface area contributed by atoms with Gasteiger partial charge in [-0.05, 0) is 36.8 Å². The fourth-order valence-electron chi connectivity index (χ4n) is 3.55. The number of nitrogens with zero attached hydrogens (tertiary/aromatic N) is 3. The molecule has 6 nitrogen and oxygen atoms in total. The zero-order valence-corrected chi connectivity index (χ0v) is 17.2. The first-order valence-corrected chi connectivity index (χ1v) is 10.2. The molecule has 2 aromatic heterocycles. The molecule has 2 aromatic carbocycles. The van der Waals surface area contributed by atoms with Gasteiger partial charge in [-0.1, -0.05) is 52.2 Å². The van der Waals surface area contributed by atoms with Crippen LogP contribution in [-0.4, -0.2) is 16.1 Å². The predicted molar refractivity (Wildman–Crippen MR) is 112 cm³/mol. The lowest BCUT2D eigenvalue weighted by molar-refractivity contribution is 0.0970. The number of carbonyl (C=O) groups excluding carboxylic acids is 1. The minimum absolute atomic E-state index is 0.00220. The van der Waals surface area contributed by atoms with Crippen LogP contribution in [-0.2, 0) is 0 Å². The van der Waals surface area contributed by atoms with E-state index in [2.05, 4.69) is 10.2 Å². The average molecular weight is 444 g/mol. The Kier molecular flexibility index (Phi) is 4.20. The minimum atomic E-state index is -0.749. The molecule has 0 bridgehead atoms. The van der Waals surface area contributed by atoms with Gasteiger partial charge in [0.15, 0.2) is 5.43 Å². The van der Waals surface area contributed by atoms with E-state index in [0.29, 0.717) is 31.7 Å². The van der Waals surface area contributed by atoms with Crippen LogP contribution in [0.25, 0.3) is 11.0 Å². The quantitative estimate of drug-likeness (QED) is 0.435. The van der Waals surface area contributed by atoms with Crippen LogP contribution in [0.15, 0.2) is 51.1 Å². The number of halogens is 2. The SMILES string of the molecule is Cc1ccc2oc3c(c(=O)c2c1)[C@H](c1ccc(Cl)c(Cl)c1)N(c1nncs1)C3=O. The summed E-state index contributed by atoms with van der Waals surface area (Å²) in [5.74, 6) is -0.454. The molecule has 0 saturated heterocycles. The Hall–Kier alpha value is -2.74. The zero-order valence-electron chi connectivity index (χ0n) is 14.8. The van der Waals surface area contributed by atoms with E-state index in [-0.39, 0.29) is 16.8 Å². The first-order chi connectivity index (χ1) is 14.0. The summed E-state index contributed by atoms with van der Waals surface area (Å²) in [6, 6.07) is 9.54. The molecule has 29 heavy (non-hydrogen) atoms. The van der Waals surface area contributed by atoms with Gasteiger partial charge >= 0.3 is 0 Å². The number of carbonyl (C=O) groups is 1. The van der Waals surface area contributed by atoms with Crippen molar-refractivity contribution in [2.24, 2.45) is 0 Å². The minimum Gasteiger partial charge on any atom is -0.450 e. The molecule has 0 aliphatic carbocycles. The van der Waals surface area contributed by atoms with E-state index in [1.54, 1.807) is 30.3 Å². The van der Waals surface area contributed by atoms with Crippen molar-refractivity contribution in [1.29, 1.82) is 0 Å². The molecule has 3 heterocycles. The van der Waals surface area contributed by atoms with Crippen molar-refractivity contribution in [2.75, 3.05) is 4.90 Å². The molecule has 0 spiro atoms. The van der Waals surface area contributed by atoms with Gasteiger partial charge in [0.25, 0.3) is 5.91 Å². The monoisotopic (exact) mass is 443 g/mol. The summed E-state index contributed by atoms with van der Waals surface area (Å²) in [5.41, 5.74) is 3.41. The number of fused-ring (bicyclic) bond motifs is 2. The predicted octanol–water partition coefficient (Wildman–Crippen LogP) is 5.01. The summed E-state index contributed by atoms with van der Waals surface area (Å²) in [6.07, 6.45) is 0. The maximum Gasteiger partial charge on any atom is 0.297 e. The lowest BCUT2D eigenvalue weighted by atomic mass is 9.98. The van der Waals surface area contributed by atoms with E-state index < -0.39 is 11.9 Å². The highest BCUT2D eigenvalue weighted by atomic mass is 35.5. The van der Waals surface area contributed by atoms with Crippen LogP contribution in [0.5, 0.6) is 0 Å². The van der Waals surface area contributed by atoms with Crippen LogP contribution in [0, 0.1) is 6.92 Å². The number of benzene rings is 2. The van der Waals surface area contributed by atoms with E-state index in [1.165, 1.54) is 21.7 Å². The number of hydrogen-bond acceptors (Lipinski definition) is 6. The molecule has 0 unspecified atom stereocenters. The Morgan fingerprint density at radius 3 is 2.66 bits per heavy atom. The van der Waals surface area contributed by atoms with E-state index in [4.69, 9.17) is 27.6 Å². The average Bonchev–Trinajstić information content (AvgIpc) is 3.32. The molecule has 5 rings (SSSR count). The number of hydrogen-bond donors (Lipinski definition) is 0. The maximum absolute atomic E-state index is 13.4. The van der Waals surface area contributed by atoms with Crippen molar-refractivity contribution in [3.05, 3.63) is 84.6 Å². The van der Waals surface area contributed by atoms with Crippen LogP contribution in [0.1, 0.15) is 33.3 Å². The normalized spacial score (nSPS) is 15.9. The van der Waals surface area contributed by atoms with Gasteiger partial charge in [-0.15, -0.1) is 10.2 Å². The van der Waals surface area contributed by atoms with Gasteiger partial charge in [-0.3, -0.25) is 14.5 Å². The van der Waals surface area contributed by atoms with Crippen molar-refractivity contribution in [1.82, 2.24) is 10.2 Å². The highest BCUT2D eigenvalue weighted by Gasteiger charge is 2.45. The molecule has 1 amide bonds. The van der Waals surface area contributed by atoms with Crippen LogP contribution >= 0.6 is 34.5 Å². The smallest absolute Gasteiger partial charge is 0.297 e. The Morgan fingerprint density at radius 2 is 1.93 bits per heavy atom. The van der Waals surface area contributed by atoms with Crippen LogP contribution in [0.4, 0.5) is 5.13 Å². The van der Waals surface area contributed by atoms with Gasteiger partial charge < -0.3 is 4.42 Å². The summed E-state index contributed by atoms with van der Waals surface area (Å²) in [4.78, 5) is 28.1. The molecule has 1 aliphatic heterocycles. The summed E-state index contributed by atoms with van der Waals surface area (Å²) in [5, 5.41) is 9.34. The highest BCUT2D eigenvalue weighted by molar-refractivity contribution is 7.13. The standard InChI is InChI=1S/C20H11Cl2N3O3S/c1-9-2-5-14-11(6-9)17(26)15-16(10-3-4-12(21)13(22)7-10)25(19(27)18(15)28-14)20-24-23-8-29-20/h2-8,16H,1H3/t16-/m0/s1. The number of rotatable bonds is 2. The molecular formula is C20H11Cl2N3O3S. The first-order valence-electron chi connectivity index (χ1n) is 8.57.